The number of phenolic OH excluding ortho intramolecular Hbond substituents is 2. The second-order valence-corrected chi connectivity index (χ2v) is 15.3. The average molecular weight is 891 g/mol. The predicted molar refractivity (Wildman–Crippen MR) is 233 cm³/mol. The van der Waals surface area contributed by atoms with Crippen LogP contribution in [-0.2, 0) is 45.5 Å². The Hall–Kier alpha value is -6.76. The quantitative estimate of drug-likeness (QED) is 0.0225. The fraction of sp³-hybridized carbons (Fsp3) is 0.265. The lowest BCUT2D eigenvalue weighted by atomic mass is 9.78. The van der Waals surface area contributed by atoms with E-state index in [-0.39, 0.29) is 69.1 Å². The van der Waals surface area contributed by atoms with Gasteiger partial charge in [-0.05, 0) is 82.2 Å². The summed E-state index contributed by atoms with van der Waals surface area (Å²) in [5.74, 6) is 0.345. The van der Waals surface area contributed by atoms with E-state index in [0.29, 0.717) is 53.0 Å². The molecule has 1 saturated heterocycles. The number of phenols is 2. The molecule has 0 radical (unpaired) electrons. The van der Waals surface area contributed by atoms with E-state index in [1.54, 1.807) is 60.7 Å². The molecular formula is C49H50N2O14. The van der Waals surface area contributed by atoms with Crippen molar-refractivity contribution in [2.24, 2.45) is 5.92 Å². The van der Waals surface area contributed by atoms with E-state index in [9.17, 15) is 24.9 Å². The van der Waals surface area contributed by atoms with Gasteiger partial charge in [0, 0.05) is 35.8 Å². The topological polar surface area (TPSA) is 206 Å². The second kappa shape index (κ2) is 22.7. The summed E-state index contributed by atoms with van der Waals surface area (Å²) in [7, 11) is 0. The summed E-state index contributed by atoms with van der Waals surface area (Å²) in [6, 6.07) is 38.2. The first-order valence-corrected chi connectivity index (χ1v) is 20.9. The highest BCUT2D eigenvalue weighted by molar-refractivity contribution is 5.88. The Balaban J connectivity index is 1.09. The number of amides is 1. The number of rotatable bonds is 19. The number of aromatic hydroxyl groups is 2. The van der Waals surface area contributed by atoms with Crippen LogP contribution < -0.4 is 14.2 Å². The van der Waals surface area contributed by atoms with E-state index < -0.39 is 35.6 Å². The number of carbonyl (C=O) groups excluding carboxylic acids is 2. The van der Waals surface area contributed by atoms with Gasteiger partial charge in [0.25, 0.3) is 0 Å². The standard InChI is InChI=1S/C49H50N2O14/c52-28-33-10-16-41(17-11-33)64-48(55)50-26-39(32-62-49(56)65-42-18-12-34(13-19-42)30-63-51(57)58)47(46(27-50)61-29-35-24-37-6-1-3-8-43(37)45(54)25-35)36-14-20-40(21-15-36)60-23-5-22-59-31-38-7-2-4-9-44(38)53/h1-4,6-21,24-25,39,46-47,52-54,57-58H,5,22-23,26-32H2. The molecule has 3 atom stereocenters. The summed E-state index contributed by atoms with van der Waals surface area (Å²) >= 11 is 0. The van der Waals surface area contributed by atoms with Crippen LogP contribution in [0.25, 0.3) is 10.8 Å². The Morgan fingerprint density at radius 3 is 2.11 bits per heavy atom. The van der Waals surface area contributed by atoms with Crippen molar-refractivity contribution in [3.05, 3.63) is 161 Å². The van der Waals surface area contributed by atoms with Crippen molar-refractivity contribution in [1.29, 1.82) is 0 Å². The average Bonchev–Trinajstić information content (AvgIpc) is 3.32. The van der Waals surface area contributed by atoms with Gasteiger partial charge in [-0.3, -0.25) is 10.4 Å². The van der Waals surface area contributed by atoms with E-state index >= 15 is 0 Å². The minimum absolute atomic E-state index is 0.0729. The number of ether oxygens (including phenoxy) is 6. The normalized spacial score (nSPS) is 16.1. The molecule has 7 rings (SSSR count). The molecule has 16 nitrogen and oxygen atoms in total. The minimum Gasteiger partial charge on any atom is -0.508 e. The minimum atomic E-state index is -0.995. The largest absolute Gasteiger partial charge is 0.513 e. The molecule has 6 aromatic rings. The number of piperidine rings is 1. The first-order valence-electron chi connectivity index (χ1n) is 20.9. The van der Waals surface area contributed by atoms with Gasteiger partial charge in [-0.1, -0.05) is 78.9 Å². The summed E-state index contributed by atoms with van der Waals surface area (Å²) < 4.78 is 35.4. The van der Waals surface area contributed by atoms with Crippen LogP contribution in [0.4, 0.5) is 9.59 Å². The number of para-hydroxylation sites is 1. The molecular weight excluding hydrogens is 841 g/mol. The van der Waals surface area contributed by atoms with Crippen molar-refractivity contribution in [1.82, 2.24) is 10.3 Å². The number of benzene rings is 6. The number of hydrogen-bond acceptors (Lipinski definition) is 15. The number of nitrogens with zero attached hydrogens (tertiary/aromatic N) is 2. The van der Waals surface area contributed by atoms with Crippen LogP contribution in [-0.4, -0.2) is 87.3 Å². The molecule has 5 N–H and O–H groups in total. The van der Waals surface area contributed by atoms with Crippen LogP contribution in [0.15, 0.2) is 133 Å². The third-order valence-corrected chi connectivity index (χ3v) is 10.8. The van der Waals surface area contributed by atoms with Gasteiger partial charge >= 0.3 is 12.2 Å². The molecule has 340 valence electrons. The number of carbonyl (C=O) groups is 2. The van der Waals surface area contributed by atoms with Gasteiger partial charge in [-0.2, -0.15) is 0 Å². The van der Waals surface area contributed by atoms with Crippen LogP contribution in [0.5, 0.6) is 28.7 Å². The Morgan fingerprint density at radius 2 is 1.37 bits per heavy atom. The zero-order valence-electron chi connectivity index (χ0n) is 35.3. The molecule has 6 aromatic carbocycles. The zero-order valence-corrected chi connectivity index (χ0v) is 35.3. The number of likely N-dealkylation sites (tertiary alicyclic amines) is 1. The lowest BCUT2D eigenvalue weighted by Crippen LogP contribution is -2.53. The van der Waals surface area contributed by atoms with Crippen molar-refractivity contribution in [2.75, 3.05) is 32.9 Å². The van der Waals surface area contributed by atoms with Gasteiger partial charge in [0.2, 0.25) is 0 Å². The highest BCUT2D eigenvalue weighted by Gasteiger charge is 2.42. The van der Waals surface area contributed by atoms with Gasteiger partial charge in [-0.25, -0.2) is 14.4 Å². The summed E-state index contributed by atoms with van der Waals surface area (Å²) in [6.45, 7) is 0.846. The zero-order chi connectivity index (χ0) is 45.5. The molecule has 16 heteroatoms. The highest BCUT2D eigenvalue weighted by atomic mass is 17.1. The summed E-state index contributed by atoms with van der Waals surface area (Å²) in [5, 5.41) is 49.2. The lowest BCUT2D eigenvalue weighted by molar-refractivity contribution is -0.497. The van der Waals surface area contributed by atoms with Crippen molar-refractivity contribution in [3.8, 4) is 28.7 Å². The molecule has 0 saturated carbocycles. The third-order valence-electron chi connectivity index (χ3n) is 10.8. The van der Waals surface area contributed by atoms with Crippen molar-refractivity contribution >= 4 is 23.0 Å². The van der Waals surface area contributed by atoms with Crippen molar-refractivity contribution in [3.63, 3.8) is 0 Å². The van der Waals surface area contributed by atoms with Gasteiger partial charge in [0.15, 0.2) is 0 Å². The Bertz CT molecular complexity index is 2470. The first kappa shape index (κ1) is 46.2. The molecule has 0 bridgehead atoms. The maximum absolute atomic E-state index is 13.9. The molecule has 0 aromatic heterocycles. The maximum atomic E-state index is 13.9. The first-order chi connectivity index (χ1) is 31.6. The summed E-state index contributed by atoms with van der Waals surface area (Å²) in [5.41, 5.74) is 3.45. The molecule has 1 fully saturated rings. The van der Waals surface area contributed by atoms with Gasteiger partial charge in [0.05, 0.1) is 57.7 Å². The molecule has 0 spiro atoms. The lowest BCUT2D eigenvalue weighted by Gasteiger charge is -2.43. The Morgan fingerprint density at radius 1 is 0.677 bits per heavy atom. The fourth-order valence-electron chi connectivity index (χ4n) is 7.56. The molecule has 1 aliphatic rings. The van der Waals surface area contributed by atoms with E-state index in [4.69, 9.17) is 38.8 Å². The maximum Gasteiger partial charge on any atom is 0.513 e. The monoisotopic (exact) mass is 890 g/mol. The van der Waals surface area contributed by atoms with E-state index in [0.717, 1.165) is 10.9 Å². The number of fused-ring (bicyclic) bond motifs is 1. The summed E-state index contributed by atoms with van der Waals surface area (Å²) in [4.78, 5) is 33.2. The summed E-state index contributed by atoms with van der Waals surface area (Å²) in [6.07, 6.45) is -1.73. The third kappa shape index (κ3) is 13.2. The molecule has 3 unspecified atom stereocenters. The van der Waals surface area contributed by atoms with Gasteiger partial charge in [-0.15, -0.1) is 0 Å². The van der Waals surface area contributed by atoms with E-state index in [2.05, 4.69) is 4.84 Å². The number of aliphatic hydroxyl groups is 1. The van der Waals surface area contributed by atoms with Crippen molar-refractivity contribution < 1.29 is 68.6 Å². The molecule has 1 amide bonds. The van der Waals surface area contributed by atoms with E-state index in [1.165, 1.54) is 17.0 Å². The van der Waals surface area contributed by atoms with Crippen molar-refractivity contribution in [2.45, 2.75) is 44.9 Å². The van der Waals surface area contributed by atoms with Gasteiger partial charge < -0.3 is 48.6 Å². The van der Waals surface area contributed by atoms with Crippen LogP contribution in [0.1, 0.15) is 40.2 Å². The number of aliphatic hydroxyl groups excluding tert-OH is 1. The van der Waals surface area contributed by atoms with E-state index in [1.807, 2.05) is 60.7 Å². The second-order valence-electron chi connectivity index (χ2n) is 15.3. The van der Waals surface area contributed by atoms with Gasteiger partial charge in [0.1, 0.15) is 35.4 Å². The molecule has 65 heavy (non-hydrogen) atoms. The highest BCUT2D eigenvalue weighted by Crippen LogP contribution is 2.38. The van der Waals surface area contributed by atoms with Crippen LogP contribution in [0.2, 0.25) is 0 Å². The van der Waals surface area contributed by atoms with Crippen LogP contribution in [0.3, 0.4) is 0 Å². The fourth-order valence-corrected chi connectivity index (χ4v) is 7.56. The number of hydrogen-bond donors (Lipinski definition) is 5. The predicted octanol–water partition coefficient (Wildman–Crippen LogP) is 8.26. The SMILES string of the molecule is O=C(OCC1CN(C(=O)Oc2ccc(CO)cc2)CC(OCc2cc(O)c3ccccc3c2)C1c1ccc(OCCCOCc2ccccc2O)cc1)Oc1ccc(CON(O)O)cc1. The Labute approximate surface area is 374 Å². The Kier molecular flexibility index (Phi) is 16.2. The molecule has 1 heterocycles. The molecule has 0 aliphatic carbocycles. The molecule has 1 aliphatic heterocycles. The smallest absolute Gasteiger partial charge is 0.508 e. The van der Waals surface area contributed by atoms with Crippen LogP contribution >= 0.6 is 0 Å². The van der Waals surface area contributed by atoms with Crippen LogP contribution in [0, 0.1) is 5.92 Å².